The summed E-state index contributed by atoms with van der Waals surface area (Å²) in [6, 6.07) is 8.65. The SMILES string of the molecule is CC(C)c1ccccc1C1CN(CC(F)F)CCN1C(C)(C)C. The molecule has 23 heavy (non-hydrogen) atoms. The molecule has 1 unspecified atom stereocenters. The summed E-state index contributed by atoms with van der Waals surface area (Å²) in [4.78, 5) is 4.38. The number of benzene rings is 1. The molecule has 1 aliphatic rings. The normalized spacial score (nSPS) is 21.3. The lowest BCUT2D eigenvalue weighted by atomic mass is 9.88. The van der Waals surface area contributed by atoms with Crippen LogP contribution in [0.4, 0.5) is 8.78 Å². The number of halogens is 2. The average molecular weight is 324 g/mol. The van der Waals surface area contributed by atoms with Gasteiger partial charge in [0.25, 0.3) is 6.43 Å². The summed E-state index contributed by atoms with van der Waals surface area (Å²) in [5, 5.41) is 0. The maximum Gasteiger partial charge on any atom is 0.251 e. The van der Waals surface area contributed by atoms with Crippen LogP contribution in [0.2, 0.25) is 0 Å². The van der Waals surface area contributed by atoms with Gasteiger partial charge in [-0.05, 0) is 37.8 Å². The molecule has 130 valence electrons. The first-order chi connectivity index (χ1) is 10.7. The Kier molecular flexibility index (Phi) is 5.79. The molecule has 2 nitrogen and oxygen atoms in total. The molecule has 1 aromatic rings. The van der Waals surface area contributed by atoms with Crippen LogP contribution in [0.1, 0.15) is 57.7 Å². The van der Waals surface area contributed by atoms with Gasteiger partial charge >= 0.3 is 0 Å². The van der Waals surface area contributed by atoms with Crippen molar-refractivity contribution in [2.24, 2.45) is 0 Å². The van der Waals surface area contributed by atoms with E-state index in [0.717, 1.165) is 6.54 Å². The van der Waals surface area contributed by atoms with Crippen molar-refractivity contribution in [2.45, 2.75) is 58.5 Å². The molecule has 1 fully saturated rings. The molecule has 0 saturated carbocycles. The number of nitrogens with zero attached hydrogens (tertiary/aromatic N) is 2. The average Bonchev–Trinajstić information content (AvgIpc) is 2.45. The van der Waals surface area contributed by atoms with Crippen LogP contribution < -0.4 is 0 Å². The van der Waals surface area contributed by atoms with E-state index in [4.69, 9.17) is 0 Å². The fraction of sp³-hybridized carbons (Fsp3) is 0.684. The van der Waals surface area contributed by atoms with Gasteiger partial charge in [-0.25, -0.2) is 8.78 Å². The lowest BCUT2D eigenvalue weighted by molar-refractivity contribution is -0.0123. The van der Waals surface area contributed by atoms with Gasteiger partial charge in [0.2, 0.25) is 0 Å². The van der Waals surface area contributed by atoms with Gasteiger partial charge in [-0.1, -0.05) is 38.1 Å². The van der Waals surface area contributed by atoms with E-state index in [9.17, 15) is 8.78 Å². The number of hydrogen-bond acceptors (Lipinski definition) is 2. The summed E-state index contributed by atoms with van der Waals surface area (Å²) in [5.74, 6) is 0.429. The quantitative estimate of drug-likeness (QED) is 0.803. The number of hydrogen-bond donors (Lipinski definition) is 0. The lowest BCUT2D eigenvalue weighted by Crippen LogP contribution is -2.55. The molecule has 0 amide bonds. The Morgan fingerprint density at radius 1 is 1.13 bits per heavy atom. The number of piperazine rings is 1. The third-order valence-corrected chi connectivity index (χ3v) is 4.70. The molecule has 1 aromatic carbocycles. The molecule has 0 aromatic heterocycles. The molecule has 0 spiro atoms. The summed E-state index contributed by atoms with van der Waals surface area (Å²) in [5.41, 5.74) is 2.63. The highest BCUT2D eigenvalue weighted by Gasteiger charge is 2.36. The zero-order valence-corrected chi connectivity index (χ0v) is 15.0. The lowest BCUT2D eigenvalue weighted by Gasteiger charge is -2.48. The van der Waals surface area contributed by atoms with Crippen LogP contribution in [0.3, 0.4) is 0 Å². The van der Waals surface area contributed by atoms with Crippen LogP contribution in [0.15, 0.2) is 24.3 Å². The standard InChI is InChI=1S/C19H30F2N2/c1-14(2)15-8-6-7-9-16(15)17-12-22(13-18(20)21)10-11-23(17)19(3,4)5/h6-9,14,17-18H,10-13H2,1-5H3. The zero-order chi connectivity index (χ0) is 17.2. The molecule has 4 heteroatoms. The Hall–Kier alpha value is -1.00. The fourth-order valence-electron chi connectivity index (χ4n) is 3.61. The highest BCUT2D eigenvalue weighted by molar-refractivity contribution is 5.33. The van der Waals surface area contributed by atoms with Crippen molar-refractivity contribution in [3.63, 3.8) is 0 Å². The van der Waals surface area contributed by atoms with Crippen molar-refractivity contribution in [3.05, 3.63) is 35.4 Å². The van der Waals surface area contributed by atoms with Crippen LogP contribution in [-0.2, 0) is 0 Å². The van der Waals surface area contributed by atoms with Crippen molar-refractivity contribution in [1.82, 2.24) is 9.80 Å². The molecular formula is C19H30F2N2. The Morgan fingerprint density at radius 3 is 2.35 bits per heavy atom. The molecule has 0 bridgehead atoms. The van der Waals surface area contributed by atoms with Gasteiger partial charge in [-0.3, -0.25) is 9.80 Å². The van der Waals surface area contributed by atoms with Crippen molar-refractivity contribution < 1.29 is 8.78 Å². The van der Waals surface area contributed by atoms with E-state index in [0.29, 0.717) is 19.0 Å². The van der Waals surface area contributed by atoms with Crippen molar-refractivity contribution in [3.8, 4) is 0 Å². The molecule has 0 radical (unpaired) electrons. The highest BCUT2D eigenvalue weighted by atomic mass is 19.3. The predicted molar refractivity (Wildman–Crippen MR) is 92.2 cm³/mol. The Balaban J connectivity index is 2.35. The summed E-state index contributed by atoms with van der Waals surface area (Å²) >= 11 is 0. The van der Waals surface area contributed by atoms with Crippen LogP contribution >= 0.6 is 0 Å². The van der Waals surface area contributed by atoms with E-state index >= 15 is 0 Å². The van der Waals surface area contributed by atoms with E-state index in [2.05, 4.69) is 63.8 Å². The van der Waals surface area contributed by atoms with Crippen LogP contribution in [0, 0.1) is 0 Å². The van der Waals surface area contributed by atoms with Gasteiger partial charge < -0.3 is 0 Å². The minimum absolute atomic E-state index is 0.0195. The zero-order valence-electron chi connectivity index (χ0n) is 15.0. The molecule has 1 saturated heterocycles. The van der Waals surface area contributed by atoms with Crippen molar-refractivity contribution in [1.29, 1.82) is 0 Å². The first kappa shape index (κ1) is 18.3. The fourth-order valence-corrected chi connectivity index (χ4v) is 3.61. The monoisotopic (exact) mass is 324 g/mol. The van der Waals surface area contributed by atoms with E-state index in [1.54, 1.807) is 0 Å². The first-order valence-corrected chi connectivity index (χ1v) is 8.56. The minimum atomic E-state index is -2.27. The molecule has 1 heterocycles. The predicted octanol–water partition coefficient (Wildman–Crippen LogP) is 4.53. The van der Waals surface area contributed by atoms with Gasteiger partial charge in [-0.2, -0.15) is 0 Å². The Labute approximate surface area is 139 Å². The summed E-state index contributed by atoms with van der Waals surface area (Å²) < 4.78 is 25.7. The third kappa shape index (κ3) is 4.51. The third-order valence-electron chi connectivity index (χ3n) is 4.70. The van der Waals surface area contributed by atoms with Gasteiger partial charge in [-0.15, -0.1) is 0 Å². The second-order valence-electron chi connectivity index (χ2n) is 7.81. The number of alkyl halides is 2. The van der Waals surface area contributed by atoms with Gasteiger partial charge in [0.15, 0.2) is 0 Å². The van der Waals surface area contributed by atoms with E-state index in [1.165, 1.54) is 11.1 Å². The molecule has 0 N–H and O–H groups in total. The second kappa shape index (κ2) is 7.27. The van der Waals surface area contributed by atoms with Gasteiger partial charge in [0.1, 0.15) is 0 Å². The minimum Gasteiger partial charge on any atom is -0.295 e. The largest absolute Gasteiger partial charge is 0.295 e. The van der Waals surface area contributed by atoms with Gasteiger partial charge in [0, 0.05) is 31.2 Å². The summed E-state index contributed by atoms with van der Waals surface area (Å²) in [6.45, 7) is 13.1. The van der Waals surface area contributed by atoms with E-state index in [-0.39, 0.29) is 18.1 Å². The van der Waals surface area contributed by atoms with Crippen molar-refractivity contribution >= 4 is 0 Å². The summed E-state index contributed by atoms with van der Waals surface area (Å²) in [6.07, 6.45) is -2.27. The van der Waals surface area contributed by atoms with E-state index in [1.807, 2.05) is 4.90 Å². The molecule has 0 aliphatic carbocycles. The number of rotatable bonds is 4. The van der Waals surface area contributed by atoms with E-state index < -0.39 is 6.43 Å². The molecule has 1 aliphatic heterocycles. The van der Waals surface area contributed by atoms with Crippen LogP contribution in [-0.4, -0.2) is 47.9 Å². The van der Waals surface area contributed by atoms with Crippen LogP contribution in [0.25, 0.3) is 0 Å². The molecule has 2 rings (SSSR count). The molecular weight excluding hydrogens is 294 g/mol. The highest BCUT2D eigenvalue weighted by Crippen LogP contribution is 2.35. The Bertz CT molecular complexity index is 508. The maximum atomic E-state index is 12.8. The topological polar surface area (TPSA) is 6.48 Å². The van der Waals surface area contributed by atoms with Crippen molar-refractivity contribution in [2.75, 3.05) is 26.2 Å². The van der Waals surface area contributed by atoms with Crippen LogP contribution in [0.5, 0.6) is 0 Å². The molecule has 1 atom stereocenters. The Morgan fingerprint density at radius 2 is 1.78 bits per heavy atom. The first-order valence-electron chi connectivity index (χ1n) is 8.56. The smallest absolute Gasteiger partial charge is 0.251 e. The second-order valence-corrected chi connectivity index (χ2v) is 7.81. The maximum absolute atomic E-state index is 12.8. The summed E-state index contributed by atoms with van der Waals surface area (Å²) in [7, 11) is 0. The van der Waals surface area contributed by atoms with Gasteiger partial charge in [0.05, 0.1) is 6.54 Å².